The monoisotopic (exact) mass is 250 g/mol. The third kappa shape index (κ3) is 2.78. The summed E-state index contributed by atoms with van der Waals surface area (Å²) in [5.41, 5.74) is 1.62. The third-order valence-electron chi connectivity index (χ3n) is 2.73. The molecule has 1 nitrogen and oxygen atoms in total. The highest BCUT2D eigenvalue weighted by Gasteiger charge is 2.13. The molecule has 0 radical (unpaired) electrons. The summed E-state index contributed by atoms with van der Waals surface area (Å²) in [4.78, 5) is 9.52. The van der Waals surface area contributed by atoms with Crippen molar-refractivity contribution in [3.8, 4) is 0 Å². The molecular formula is C13H12F2OSi. The van der Waals surface area contributed by atoms with Gasteiger partial charge in [0.1, 0.15) is 11.6 Å². The van der Waals surface area contributed by atoms with Crippen molar-refractivity contribution in [3.05, 3.63) is 71.3 Å². The van der Waals surface area contributed by atoms with Crippen molar-refractivity contribution in [2.75, 3.05) is 0 Å². The maximum atomic E-state index is 12.8. The van der Waals surface area contributed by atoms with Crippen molar-refractivity contribution in [2.24, 2.45) is 0 Å². The SMILES string of the molecule is O[SiH2]C(c1ccc(F)cc1)c1ccc(F)cc1. The van der Waals surface area contributed by atoms with Crippen molar-refractivity contribution < 1.29 is 13.6 Å². The van der Waals surface area contributed by atoms with E-state index in [4.69, 9.17) is 0 Å². The highest BCUT2D eigenvalue weighted by Crippen LogP contribution is 2.23. The van der Waals surface area contributed by atoms with Crippen LogP contribution in [0.2, 0.25) is 0 Å². The van der Waals surface area contributed by atoms with Gasteiger partial charge in [0.15, 0.2) is 9.76 Å². The zero-order chi connectivity index (χ0) is 12.3. The van der Waals surface area contributed by atoms with Gasteiger partial charge < -0.3 is 4.80 Å². The van der Waals surface area contributed by atoms with Gasteiger partial charge in [-0.2, -0.15) is 0 Å². The maximum absolute atomic E-state index is 12.8. The van der Waals surface area contributed by atoms with Gasteiger partial charge in [0.05, 0.1) is 0 Å². The second-order valence-electron chi connectivity index (χ2n) is 3.84. The van der Waals surface area contributed by atoms with E-state index < -0.39 is 9.76 Å². The smallest absolute Gasteiger partial charge is 0.168 e. The standard InChI is InChI=1S/C13H12F2OSi/c14-11-5-1-9(2-6-11)13(17-16)10-3-7-12(15)8-4-10/h1-8,13,16H,17H2. The summed E-state index contributed by atoms with van der Waals surface area (Å²) in [6, 6.07) is 12.1. The van der Waals surface area contributed by atoms with Crippen molar-refractivity contribution in [1.29, 1.82) is 0 Å². The number of benzene rings is 2. The summed E-state index contributed by atoms with van der Waals surface area (Å²) in [7, 11) is -1.34. The van der Waals surface area contributed by atoms with Crippen LogP contribution in [0.25, 0.3) is 0 Å². The van der Waals surface area contributed by atoms with E-state index in [-0.39, 0.29) is 17.2 Å². The Morgan fingerprint density at radius 2 is 1.12 bits per heavy atom. The molecule has 0 aliphatic rings. The Morgan fingerprint density at radius 1 is 0.765 bits per heavy atom. The molecule has 1 N–H and O–H groups in total. The Kier molecular flexibility index (Phi) is 3.66. The number of halogens is 2. The molecule has 0 aliphatic heterocycles. The summed E-state index contributed by atoms with van der Waals surface area (Å²) in [6.45, 7) is 0. The van der Waals surface area contributed by atoms with Crippen LogP contribution in [0.4, 0.5) is 8.78 Å². The number of hydrogen-bond donors (Lipinski definition) is 1. The predicted octanol–water partition coefficient (Wildman–Crippen LogP) is 2.13. The van der Waals surface area contributed by atoms with Gasteiger partial charge in [-0.25, -0.2) is 8.78 Å². The van der Waals surface area contributed by atoms with E-state index in [2.05, 4.69) is 0 Å². The van der Waals surface area contributed by atoms with Gasteiger partial charge >= 0.3 is 0 Å². The average Bonchev–Trinajstić information content (AvgIpc) is 2.35. The second kappa shape index (κ2) is 5.20. The molecular weight excluding hydrogens is 238 g/mol. The summed E-state index contributed by atoms with van der Waals surface area (Å²) < 4.78 is 25.6. The summed E-state index contributed by atoms with van der Waals surface area (Å²) in [5, 5.41) is 0. The van der Waals surface area contributed by atoms with Crippen molar-refractivity contribution in [1.82, 2.24) is 0 Å². The van der Waals surface area contributed by atoms with Crippen LogP contribution in [0.5, 0.6) is 0 Å². The van der Waals surface area contributed by atoms with Gasteiger partial charge in [0.2, 0.25) is 0 Å². The molecule has 0 amide bonds. The van der Waals surface area contributed by atoms with E-state index in [1.165, 1.54) is 24.3 Å². The molecule has 0 saturated heterocycles. The molecule has 0 aromatic heterocycles. The van der Waals surface area contributed by atoms with E-state index in [1.807, 2.05) is 0 Å². The Morgan fingerprint density at radius 3 is 1.41 bits per heavy atom. The molecule has 88 valence electrons. The van der Waals surface area contributed by atoms with Gasteiger partial charge in [0.25, 0.3) is 0 Å². The van der Waals surface area contributed by atoms with Crippen LogP contribution in [-0.4, -0.2) is 14.6 Å². The first-order chi connectivity index (χ1) is 8.20. The van der Waals surface area contributed by atoms with Crippen molar-refractivity contribution in [2.45, 2.75) is 5.54 Å². The molecule has 0 saturated carbocycles. The maximum Gasteiger partial charge on any atom is 0.168 e. The molecule has 2 aromatic rings. The molecule has 17 heavy (non-hydrogen) atoms. The number of rotatable bonds is 3. The molecule has 0 spiro atoms. The third-order valence-corrected chi connectivity index (χ3v) is 4.04. The lowest BCUT2D eigenvalue weighted by molar-refractivity contribution is 0.589. The molecule has 0 atom stereocenters. The normalized spacial score (nSPS) is 11.5. The minimum atomic E-state index is -1.34. The first-order valence-corrected chi connectivity index (χ1v) is 6.77. The van der Waals surface area contributed by atoms with E-state index in [0.29, 0.717) is 0 Å². The van der Waals surface area contributed by atoms with E-state index in [0.717, 1.165) is 11.1 Å². The predicted molar refractivity (Wildman–Crippen MR) is 65.4 cm³/mol. The van der Waals surface area contributed by atoms with Crippen LogP contribution < -0.4 is 0 Å². The zero-order valence-electron chi connectivity index (χ0n) is 9.11. The van der Waals surface area contributed by atoms with Gasteiger partial charge in [-0.15, -0.1) is 0 Å². The van der Waals surface area contributed by atoms with Crippen LogP contribution in [-0.2, 0) is 0 Å². The molecule has 0 unspecified atom stereocenters. The molecule has 0 heterocycles. The average molecular weight is 250 g/mol. The lowest BCUT2D eigenvalue weighted by Gasteiger charge is -2.14. The molecule has 4 heteroatoms. The Balaban J connectivity index is 2.33. The number of hydrogen-bond acceptors (Lipinski definition) is 1. The Hall–Kier alpha value is -1.52. The van der Waals surface area contributed by atoms with Crippen molar-refractivity contribution in [3.63, 3.8) is 0 Å². The van der Waals surface area contributed by atoms with Crippen LogP contribution in [0.1, 0.15) is 16.7 Å². The minimum Gasteiger partial charge on any atom is -0.437 e. The van der Waals surface area contributed by atoms with Crippen LogP contribution >= 0.6 is 0 Å². The molecule has 0 bridgehead atoms. The van der Waals surface area contributed by atoms with Crippen molar-refractivity contribution >= 4 is 9.76 Å². The Labute approximate surface area is 101 Å². The lowest BCUT2D eigenvalue weighted by atomic mass is 10.0. The fourth-order valence-corrected chi connectivity index (χ4v) is 2.76. The van der Waals surface area contributed by atoms with Gasteiger partial charge in [-0.3, -0.25) is 0 Å². The van der Waals surface area contributed by atoms with Crippen LogP contribution in [0.15, 0.2) is 48.5 Å². The van der Waals surface area contributed by atoms with Crippen LogP contribution in [0, 0.1) is 11.6 Å². The first kappa shape index (κ1) is 11.9. The minimum absolute atomic E-state index is 0.115. The topological polar surface area (TPSA) is 20.2 Å². The largest absolute Gasteiger partial charge is 0.437 e. The Bertz CT molecular complexity index is 436. The summed E-state index contributed by atoms with van der Waals surface area (Å²) in [6.07, 6.45) is 0. The van der Waals surface area contributed by atoms with Gasteiger partial charge in [0, 0.05) is 5.54 Å². The van der Waals surface area contributed by atoms with Gasteiger partial charge in [-0.1, -0.05) is 24.3 Å². The highest BCUT2D eigenvalue weighted by atomic mass is 28.2. The molecule has 2 aromatic carbocycles. The first-order valence-electron chi connectivity index (χ1n) is 5.32. The van der Waals surface area contributed by atoms with E-state index >= 15 is 0 Å². The highest BCUT2D eigenvalue weighted by molar-refractivity contribution is 6.29. The second-order valence-corrected chi connectivity index (χ2v) is 5.02. The fourth-order valence-electron chi connectivity index (χ4n) is 1.79. The molecule has 0 fully saturated rings. The molecule has 0 aliphatic carbocycles. The van der Waals surface area contributed by atoms with Gasteiger partial charge in [-0.05, 0) is 35.4 Å². The zero-order valence-corrected chi connectivity index (χ0v) is 10.5. The summed E-state index contributed by atoms with van der Waals surface area (Å²) in [5.74, 6) is -0.600. The summed E-state index contributed by atoms with van der Waals surface area (Å²) >= 11 is 0. The quantitative estimate of drug-likeness (QED) is 0.827. The molecule has 2 rings (SSSR count). The van der Waals surface area contributed by atoms with Crippen LogP contribution in [0.3, 0.4) is 0 Å². The fraction of sp³-hybridized carbons (Fsp3) is 0.0769. The lowest BCUT2D eigenvalue weighted by Crippen LogP contribution is -2.09. The van der Waals surface area contributed by atoms with E-state index in [1.54, 1.807) is 24.3 Å². The van der Waals surface area contributed by atoms with E-state index in [9.17, 15) is 13.6 Å².